The molecule has 0 radical (unpaired) electrons. The highest BCUT2D eigenvalue weighted by molar-refractivity contribution is 7.80. The lowest BCUT2D eigenvalue weighted by molar-refractivity contribution is 0.347. The fourth-order valence-corrected chi connectivity index (χ4v) is 3.62. The third kappa shape index (κ3) is 3.59. The fourth-order valence-electron chi connectivity index (χ4n) is 2.74. The molecule has 3 rings (SSSR count). The molecule has 0 atom stereocenters. The molecule has 1 aliphatic heterocycles. The molecule has 0 spiro atoms. The van der Waals surface area contributed by atoms with Gasteiger partial charge in [0.15, 0.2) is 16.6 Å². The summed E-state index contributed by atoms with van der Waals surface area (Å²) in [6.45, 7) is 2.50. The molecule has 0 saturated heterocycles. The van der Waals surface area contributed by atoms with Crippen LogP contribution in [0, 0.1) is 0 Å². The van der Waals surface area contributed by atoms with Crippen molar-refractivity contribution in [2.24, 2.45) is 0 Å². The van der Waals surface area contributed by atoms with Gasteiger partial charge in [0.05, 0.1) is 20.8 Å². The molecular formula is C17H20N2O2S2. The van der Waals surface area contributed by atoms with Crippen molar-refractivity contribution in [1.29, 1.82) is 0 Å². The second kappa shape index (κ2) is 7.19. The molecule has 0 fully saturated rings. The zero-order valence-corrected chi connectivity index (χ0v) is 14.9. The highest BCUT2D eigenvalue weighted by Crippen LogP contribution is 2.33. The van der Waals surface area contributed by atoms with E-state index >= 15 is 0 Å². The van der Waals surface area contributed by atoms with E-state index < -0.39 is 0 Å². The van der Waals surface area contributed by atoms with Crippen molar-refractivity contribution >= 4 is 28.7 Å². The number of hydrogen-bond acceptors (Lipinski definition) is 4. The maximum absolute atomic E-state index is 5.55. The summed E-state index contributed by atoms with van der Waals surface area (Å²) in [7, 11) is 3.33. The van der Waals surface area contributed by atoms with Crippen molar-refractivity contribution in [1.82, 2.24) is 10.2 Å². The number of nitrogens with zero attached hydrogens (tertiary/aromatic N) is 1. The van der Waals surface area contributed by atoms with Crippen molar-refractivity contribution in [2.75, 3.05) is 20.8 Å². The predicted molar refractivity (Wildman–Crippen MR) is 97.4 cm³/mol. The number of nitrogens with one attached hydrogen (secondary N) is 1. The maximum Gasteiger partial charge on any atom is 0.169 e. The molecule has 0 unspecified atom stereocenters. The highest BCUT2D eigenvalue weighted by Gasteiger charge is 2.21. The van der Waals surface area contributed by atoms with Gasteiger partial charge in [-0.25, -0.2) is 0 Å². The SMILES string of the molecule is COc1cc2c(cc1OC)CN(C(=S)NCc1cccs1)CC2. The van der Waals surface area contributed by atoms with E-state index in [1.54, 1.807) is 25.6 Å². The molecule has 23 heavy (non-hydrogen) atoms. The van der Waals surface area contributed by atoms with E-state index in [-0.39, 0.29) is 0 Å². The first kappa shape index (κ1) is 16.1. The number of rotatable bonds is 4. The summed E-state index contributed by atoms with van der Waals surface area (Å²) in [4.78, 5) is 3.49. The summed E-state index contributed by atoms with van der Waals surface area (Å²) in [5, 5.41) is 6.23. The van der Waals surface area contributed by atoms with E-state index in [0.717, 1.165) is 42.7 Å². The second-order valence-corrected chi connectivity index (χ2v) is 6.80. The number of thiophene rings is 1. The van der Waals surface area contributed by atoms with Gasteiger partial charge in [-0.15, -0.1) is 11.3 Å². The quantitative estimate of drug-likeness (QED) is 0.858. The Bertz CT molecular complexity index is 686. The van der Waals surface area contributed by atoms with Crippen LogP contribution in [0.15, 0.2) is 29.6 Å². The fraction of sp³-hybridized carbons (Fsp3) is 0.353. The largest absolute Gasteiger partial charge is 0.493 e. The van der Waals surface area contributed by atoms with Crippen LogP contribution in [0.1, 0.15) is 16.0 Å². The van der Waals surface area contributed by atoms with Gasteiger partial charge in [-0.3, -0.25) is 0 Å². The first-order valence-corrected chi connectivity index (χ1v) is 8.79. The number of ether oxygens (including phenoxy) is 2. The number of thiocarbonyl (C=S) groups is 1. The van der Waals surface area contributed by atoms with E-state index in [0.29, 0.717) is 0 Å². The van der Waals surface area contributed by atoms with Crippen molar-refractivity contribution in [2.45, 2.75) is 19.5 Å². The number of fused-ring (bicyclic) bond motifs is 1. The van der Waals surface area contributed by atoms with Crippen molar-refractivity contribution in [3.05, 3.63) is 45.6 Å². The van der Waals surface area contributed by atoms with E-state index in [1.807, 2.05) is 0 Å². The summed E-state index contributed by atoms with van der Waals surface area (Å²) in [5.74, 6) is 1.56. The normalized spacial score (nSPS) is 13.4. The second-order valence-electron chi connectivity index (χ2n) is 5.39. The first-order chi connectivity index (χ1) is 11.2. The molecule has 2 aromatic rings. The summed E-state index contributed by atoms with van der Waals surface area (Å²) in [5.41, 5.74) is 2.55. The molecule has 1 aromatic heterocycles. The van der Waals surface area contributed by atoms with Crippen molar-refractivity contribution in [3.8, 4) is 11.5 Å². The molecular weight excluding hydrogens is 328 g/mol. The van der Waals surface area contributed by atoms with Crippen molar-refractivity contribution in [3.63, 3.8) is 0 Å². The lowest BCUT2D eigenvalue weighted by Gasteiger charge is -2.31. The Labute approximate surface area is 146 Å². The average Bonchev–Trinajstić information content (AvgIpc) is 3.11. The maximum atomic E-state index is 5.55. The predicted octanol–water partition coefficient (Wildman–Crippen LogP) is 3.20. The summed E-state index contributed by atoms with van der Waals surface area (Å²) in [6, 6.07) is 8.31. The summed E-state index contributed by atoms with van der Waals surface area (Å²) in [6.07, 6.45) is 0.955. The van der Waals surface area contributed by atoms with Gasteiger partial charge in [-0.1, -0.05) is 6.07 Å². The van der Waals surface area contributed by atoms with E-state index in [2.05, 4.69) is 39.9 Å². The van der Waals surface area contributed by atoms with Crippen LogP contribution in [0.5, 0.6) is 11.5 Å². The number of benzene rings is 1. The standard InChI is InChI=1S/C17H20N2O2S2/c1-20-15-8-12-5-6-19(11-13(12)9-16(15)21-2)17(22)18-10-14-4-3-7-23-14/h3-4,7-9H,5-6,10-11H2,1-2H3,(H,18,22). The highest BCUT2D eigenvalue weighted by atomic mass is 32.1. The van der Waals surface area contributed by atoms with Gasteiger partial charge in [-0.2, -0.15) is 0 Å². The third-order valence-corrected chi connectivity index (χ3v) is 5.28. The Hall–Kier alpha value is -1.79. The van der Waals surface area contributed by atoms with Crippen LogP contribution in [0.3, 0.4) is 0 Å². The molecule has 122 valence electrons. The molecule has 0 saturated carbocycles. The van der Waals surface area contributed by atoms with Gasteiger partial charge in [0, 0.05) is 18.0 Å². The molecule has 1 aliphatic rings. The monoisotopic (exact) mass is 348 g/mol. The van der Waals surface area contributed by atoms with Crippen LogP contribution in [-0.2, 0) is 19.5 Å². The minimum atomic E-state index is 0.769. The van der Waals surface area contributed by atoms with E-state index in [4.69, 9.17) is 21.7 Å². The Balaban J connectivity index is 1.68. The van der Waals surface area contributed by atoms with Crippen LogP contribution >= 0.6 is 23.6 Å². The zero-order valence-electron chi connectivity index (χ0n) is 13.3. The van der Waals surface area contributed by atoms with Crippen LogP contribution in [0.4, 0.5) is 0 Å². The number of methoxy groups -OCH3 is 2. The topological polar surface area (TPSA) is 33.7 Å². The minimum Gasteiger partial charge on any atom is -0.493 e. The summed E-state index contributed by atoms with van der Waals surface area (Å²) >= 11 is 7.29. The zero-order chi connectivity index (χ0) is 16.2. The molecule has 0 amide bonds. The molecule has 0 aliphatic carbocycles. The van der Waals surface area contributed by atoms with E-state index in [9.17, 15) is 0 Å². The molecule has 0 bridgehead atoms. The average molecular weight is 348 g/mol. The van der Waals surface area contributed by atoms with Crippen LogP contribution in [0.2, 0.25) is 0 Å². The molecule has 2 heterocycles. The minimum absolute atomic E-state index is 0.769. The van der Waals surface area contributed by atoms with Gasteiger partial charge in [0.25, 0.3) is 0 Å². The molecule has 4 nitrogen and oxygen atoms in total. The van der Waals surface area contributed by atoms with Gasteiger partial charge in [0.1, 0.15) is 0 Å². The van der Waals surface area contributed by atoms with E-state index in [1.165, 1.54) is 16.0 Å². The molecule has 1 aromatic carbocycles. The smallest absolute Gasteiger partial charge is 0.169 e. The van der Waals surface area contributed by atoms with Gasteiger partial charge in [-0.05, 0) is 53.3 Å². The third-order valence-electron chi connectivity index (χ3n) is 4.00. The first-order valence-electron chi connectivity index (χ1n) is 7.50. The van der Waals surface area contributed by atoms with Crippen molar-refractivity contribution < 1.29 is 9.47 Å². The Kier molecular flexibility index (Phi) is 5.03. The van der Waals surface area contributed by atoms with Crippen LogP contribution in [-0.4, -0.2) is 30.8 Å². The molecule has 1 N–H and O–H groups in total. The lowest BCUT2D eigenvalue weighted by atomic mass is 9.99. The Morgan fingerprint density at radius 3 is 2.65 bits per heavy atom. The molecule has 6 heteroatoms. The van der Waals surface area contributed by atoms with Gasteiger partial charge < -0.3 is 19.7 Å². The summed E-state index contributed by atoms with van der Waals surface area (Å²) < 4.78 is 10.8. The van der Waals surface area contributed by atoms with Crippen LogP contribution < -0.4 is 14.8 Å². The lowest BCUT2D eigenvalue weighted by Crippen LogP contribution is -2.42. The Morgan fingerprint density at radius 2 is 2.00 bits per heavy atom. The van der Waals surface area contributed by atoms with Gasteiger partial charge in [0.2, 0.25) is 0 Å². The Morgan fingerprint density at radius 1 is 1.26 bits per heavy atom. The number of hydrogen-bond donors (Lipinski definition) is 1. The van der Waals surface area contributed by atoms with Gasteiger partial charge >= 0.3 is 0 Å². The van der Waals surface area contributed by atoms with Crippen LogP contribution in [0.25, 0.3) is 0 Å².